The number of aliphatic hydroxyl groups is 1. The molecular weight excluding hydrogens is 270 g/mol. The van der Waals surface area contributed by atoms with Gasteiger partial charge in [0.2, 0.25) is 0 Å². The van der Waals surface area contributed by atoms with Crippen LogP contribution < -0.4 is 0 Å². The fourth-order valence-corrected chi connectivity index (χ4v) is 3.27. The predicted molar refractivity (Wildman–Crippen MR) is 72.2 cm³/mol. The molecule has 0 fully saturated rings. The van der Waals surface area contributed by atoms with E-state index in [-0.39, 0.29) is 5.69 Å². The number of rotatable bonds is 4. The van der Waals surface area contributed by atoms with Crippen LogP contribution in [0.3, 0.4) is 0 Å². The average Bonchev–Trinajstić information content (AvgIpc) is 2.81. The van der Waals surface area contributed by atoms with Crippen LogP contribution in [-0.2, 0) is 0 Å². The van der Waals surface area contributed by atoms with Crippen molar-refractivity contribution in [2.24, 2.45) is 0 Å². The highest BCUT2D eigenvalue weighted by Gasteiger charge is 2.17. The first-order valence-electron chi connectivity index (χ1n) is 5.25. The summed E-state index contributed by atoms with van der Waals surface area (Å²) in [6.45, 7) is 1.59. The van der Waals surface area contributed by atoms with Crippen LogP contribution in [0, 0.1) is 10.1 Å². The van der Waals surface area contributed by atoms with Crippen LogP contribution in [0.15, 0.2) is 44.8 Å². The van der Waals surface area contributed by atoms with Gasteiger partial charge in [-0.15, -0.1) is 11.3 Å². The lowest BCUT2D eigenvalue weighted by Crippen LogP contribution is -1.96. The molecule has 6 heteroatoms. The van der Waals surface area contributed by atoms with Gasteiger partial charge in [-0.3, -0.25) is 10.1 Å². The van der Waals surface area contributed by atoms with Crippen molar-refractivity contribution in [1.82, 2.24) is 0 Å². The largest absolute Gasteiger partial charge is 0.389 e. The molecule has 18 heavy (non-hydrogen) atoms. The standard InChI is InChI=1S/C12H11NO3S2/c1-8(14)9-4-5-11(10(7-9)13(15)16)18-12-3-2-6-17-12/h2-8,14H,1H3/t8-/m0/s1. The highest BCUT2D eigenvalue weighted by Crippen LogP contribution is 2.38. The zero-order valence-electron chi connectivity index (χ0n) is 9.57. The van der Waals surface area contributed by atoms with Crippen molar-refractivity contribution in [2.75, 3.05) is 0 Å². The summed E-state index contributed by atoms with van der Waals surface area (Å²) in [6, 6.07) is 8.66. The summed E-state index contributed by atoms with van der Waals surface area (Å²) in [5.74, 6) is 0. The molecule has 94 valence electrons. The molecule has 0 spiro atoms. The predicted octanol–water partition coefficient (Wildman–Crippen LogP) is 3.86. The lowest BCUT2D eigenvalue weighted by molar-refractivity contribution is -0.387. The molecule has 1 atom stereocenters. The van der Waals surface area contributed by atoms with Crippen molar-refractivity contribution < 1.29 is 10.0 Å². The van der Waals surface area contributed by atoms with Gasteiger partial charge >= 0.3 is 0 Å². The minimum Gasteiger partial charge on any atom is -0.389 e. The summed E-state index contributed by atoms with van der Waals surface area (Å²) in [6.07, 6.45) is -0.704. The maximum Gasteiger partial charge on any atom is 0.283 e. The summed E-state index contributed by atoms with van der Waals surface area (Å²) >= 11 is 2.90. The summed E-state index contributed by atoms with van der Waals surface area (Å²) in [4.78, 5) is 11.2. The van der Waals surface area contributed by atoms with E-state index >= 15 is 0 Å². The Hall–Kier alpha value is -1.37. The summed E-state index contributed by atoms with van der Waals surface area (Å²) < 4.78 is 1.00. The van der Waals surface area contributed by atoms with Crippen molar-refractivity contribution in [3.63, 3.8) is 0 Å². The highest BCUT2D eigenvalue weighted by atomic mass is 32.2. The number of nitro groups is 1. The molecule has 0 bridgehead atoms. The van der Waals surface area contributed by atoms with Crippen molar-refractivity contribution in [1.29, 1.82) is 0 Å². The number of benzene rings is 1. The second-order valence-electron chi connectivity index (χ2n) is 3.69. The molecule has 1 N–H and O–H groups in total. The van der Waals surface area contributed by atoms with Crippen LogP contribution >= 0.6 is 23.1 Å². The first kappa shape index (κ1) is 13.1. The lowest BCUT2D eigenvalue weighted by atomic mass is 10.1. The van der Waals surface area contributed by atoms with Crippen LogP contribution in [0.1, 0.15) is 18.6 Å². The van der Waals surface area contributed by atoms with Crippen LogP contribution in [-0.4, -0.2) is 10.0 Å². The quantitative estimate of drug-likeness (QED) is 0.682. The van der Waals surface area contributed by atoms with E-state index in [1.54, 1.807) is 19.1 Å². The highest BCUT2D eigenvalue weighted by molar-refractivity contribution is 8.01. The Bertz CT molecular complexity index is 552. The third kappa shape index (κ3) is 2.90. The van der Waals surface area contributed by atoms with Crippen molar-refractivity contribution in [3.05, 3.63) is 51.4 Å². The summed E-state index contributed by atoms with van der Waals surface area (Å²) in [5, 5.41) is 22.4. The SMILES string of the molecule is C[C@H](O)c1ccc(Sc2cccs2)c([N+](=O)[O-])c1. The fraction of sp³-hybridized carbons (Fsp3) is 0.167. The Labute approximate surface area is 112 Å². The van der Waals surface area contributed by atoms with Gasteiger partial charge in [-0.05, 0) is 30.0 Å². The van der Waals surface area contributed by atoms with Gasteiger partial charge in [0.05, 0.1) is 20.1 Å². The van der Waals surface area contributed by atoms with Gasteiger partial charge in [-0.25, -0.2) is 0 Å². The molecule has 2 aromatic rings. The van der Waals surface area contributed by atoms with E-state index in [1.807, 2.05) is 17.5 Å². The first-order chi connectivity index (χ1) is 8.58. The summed E-state index contributed by atoms with van der Waals surface area (Å²) in [5.41, 5.74) is 0.587. The molecule has 0 aliphatic rings. The molecule has 0 saturated heterocycles. The number of hydrogen-bond acceptors (Lipinski definition) is 5. The second kappa shape index (κ2) is 5.51. The monoisotopic (exact) mass is 281 g/mol. The van der Waals surface area contributed by atoms with Crippen molar-refractivity contribution in [3.8, 4) is 0 Å². The number of nitro benzene ring substituents is 1. The third-order valence-corrected chi connectivity index (χ3v) is 4.47. The molecule has 0 aliphatic carbocycles. The van der Waals surface area contributed by atoms with Gasteiger partial charge in [-0.2, -0.15) is 0 Å². The Kier molecular flexibility index (Phi) is 4.00. The molecule has 1 heterocycles. The number of hydrogen-bond donors (Lipinski definition) is 1. The third-order valence-electron chi connectivity index (χ3n) is 2.37. The van der Waals surface area contributed by atoms with E-state index in [0.29, 0.717) is 10.5 Å². The Balaban J connectivity index is 2.37. The fourth-order valence-electron chi connectivity index (χ4n) is 1.45. The number of thiophene rings is 1. The zero-order chi connectivity index (χ0) is 13.1. The van der Waals surface area contributed by atoms with Crippen LogP contribution in [0.25, 0.3) is 0 Å². The van der Waals surface area contributed by atoms with E-state index in [9.17, 15) is 15.2 Å². The van der Waals surface area contributed by atoms with E-state index in [0.717, 1.165) is 4.21 Å². The van der Waals surface area contributed by atoms with E-state index in [1.165, 1.54) is 29.2 Å². The minimum atomic E-state index is -0.704. The van der Waals surface area contributed by atoms with Crippen LogP contribution in [0.2, 0.25) is 0 Å². The molecule has 0 radical (unpaired) electrons. The van der Waals surface area contributed by atoms with Gasteiger partial charge in [0, 0.05) is 6.07 Å². The molecule has 2 rings (SSSR count). The molecule has 0 amide bonds. The van der Waals surface area contributed by atoms with Gasteiger partial charge < -0.3 is 5.11 Å². The minimum absolute atomic E-state index is 0.0341. The Morgan fingerprint density at radius 2 is 2.22 bits per heavy atom. The van der Waals surface area contributed by atoms with E-state index in [4.69, 9.17) is 0 Å². The maximum atomic E-state index is 11.0. The lowest BCUT2D eigenvalue weighted by Gasteiger charge is -2.06. The Morgan fingerprint density at radius 1 is 1.44 bits per heavy atom. The van der Waals surface area contributed by atoms with Gasteiger partial charge in [0.1, 0.15) is 0 Å². The molecule has 0 unspecified atom stereocenters. The molecular formula is C12H11NO3S2. The zero-order valence-corrected chi connectivity index (χ0v) is 11.2. The maximum absolute atomic E-state index is 11.0. The topological polar surface area (TPSA) is 63.4 Å². The van der Waals surface area contributed by atoms with Crippen molar-refractivity contribution in [2.45, 2.75) is 22.1 Å². The van der Waals surface area contributed by atoms with E-state index < -0.39 is 11.0 Å². The number of aliphatic hydroxyl groups excluding tert-OH is 1. The Morgan fingerprint density at radius 3 is 2.78 bits per heavy atom. The number of nitrogens with zero attached hydrogens (tertiary/aromatic N) is 1. The van der Waals surface area contributed by atoms with Crippen LogP contribution in [0.4, 0.5) is 5.69 Å². The normalized spacial score (nSPS) is 12.3. The molecule has 1 aromatic carbocycles. The van der Waals surface area contributed by atoms with Crippen molar-refractivity contribution >= 4 is 28.8 Å². The molecule has 1 aromatic heterocycles. The summed E-state index contributed by atoms with van der Waals surface area (Å²) in [7, 11) is 0. The van der Waals surface area contributed by atoms with Gasteiger partial charge in [-0.1, -0.05) is 23.9 Å². The molecule has 4 nitrogen and oxygen atoms in total. The van der Waals surface area contributed by atoms with Gasteiger partial charge in [0.25, 0.3) is 5.69 Å². The van der Waals surface area contributed by atoms with Crippen LogP contribution in [0.5, 0.6) is 0 Å². The van der Waals surface area contributed by atoms with Gasteiger partial charge in [0.15, 0.2) is 0 Å². The second-order valence-corrected chi connectivity index (χ2v) is 5.98. The molecule has 0 saturated carbocycles. The first-order valence-corrected chi connectivity index (χ1v) is 6.95. The smallest absolute Gasteiger partial charge is 0.283 e. The van der Waals surface area contributed by atoms with E-state index in [2.05, 4.69) is 0 Å². The molecule has 0 aliphatic heterocycles. The average molecular weight is 281 g/mol.